The minimum Gasteiger partial charge on any atom is -0.338 e. The molecule has 1 aliphatic rings. The number of nitrogens with zero attached hydrogens (tertiary/aromatic N) is 2. The lowest BCUT2D eigenvalue weighted by molar-refractivity contribution is 0.352. The lowest BCUT2D eigenvalue weighted by Crippen LogP contribution is -2.13. The minimum absolute atomic E-state index is 0.644. The molecular weight excluding hydrogens is 232 g/mol. The highest BCUT2D eigenvalue weighted by Gasteiger charge is 2.15. The topological polar surface area (TPSA) is 17.8 Å². The van der Waals surface area contributed by atoms with Crippen molar-refractivity contribution in [1.29, 1.82) is 0 Å². The Morgan fingerprint density at radius 1 is 1.00 bits per heavy atom. The van der Waals surface area contributed by atoms with Crippen LogP contribution in [-0.2, 0) is 0 Å². The third kappa shape index (κ3) is 2.88. The maximum absolute atomic E-state index is 4.01. The summed E-state index contributed by atoms with van der Waals surface area (Å²) in [5.74, 6) is 6.51. The second-order valence-corrected chi connectivity index (χ2v) is 5.08. The van der Waals surface area contributed by atoms with E-state index < -0.39 is 0 Å². The van der Waals surface area contributed by atoms with Crippen LogP contribution in [-0.4, -0.2) is 9.55 Å². The van der Waals surface area contributed by atoms with Crippen molar-refractivity contribution >= 4 is 0 Å². The van der Waals surface area contributed by atoms with E-state index in [1.165, 1.54) is 32.1 Å². The molecule has 19 heavy (non-hydrogen) atoms. The van der Waals surface area contributed by atoms with Crippen LogP contribution in [0.15, 0.2) is 42.9 Å². The first-order valence-electron chi connectivity index (χ1n) is 7.02. The standard InChI is InChI=1S/C17H18N2/c1-2-5-16(6-3-1)19-14-4-7-17(19)9-8-15-10-12-18-13-11-15/h4,7,10-14,16H,1-3,5-6H2. The molecular formula is C17H18N2. The number of pyridine rings is 1. The zero-order valence-electron chi connectivity index (χ0n) is 11.0. The highest BCUT2D eigenvalue weighted by molar-refractivity contribution is 5.39. The van der Waals surface area contributed by atoms with Gasteiger partial charge in [0.15, 0.2) is 0 Å². The van der Waals surface area contributed by atoms with Crippen molar-refractivity contribution in [3.8, 4) is 11.8 Å². The fraction of sp³-hybridized carbons (Fsp3) is 0.353. The van der Waals surface area contributed by atoms with Gasteiger partial charge in [0.05, 0.1) is 5.69 Å². The minimum atomic E-state index is 0.644. The summed E-state index contributed by atoms with van der Waals surface area (Å²) in [5, 5.41) is 0. The van der Waals surface area contributed by atoms with Gasteiger partial charge in [0.25, 0.3) is 0 Å². The second-order valence-electron chi connectivity index (χ2n) is 5.08. The van der Waals surface area contributed by atoms with Crippen LogP contribution >= 0.6 is 0 Å². The summed E-state index contributed by atoms with van der Waals surface area (Å²) in [6.07, 6.45) is 12.4. The molecule has 2 heterocycles. The van der Waals surface area contributed by atoms with Crippen molar-refractivity contribution < 1.29 is 0 Å². The Hall–Kier alpha value is -2.01. The van der Waals surface area contributed by atoms with Gasteiger partial charge in [-0.05, 0) is 43.0 Å². The number of aromatic nitrogens is 2. The highest BCUT2D eigenvalue weighted by Crippen LogP contribution is 2.29. The van der Waals surface area contributed by atoms with Crippen molar-refractivity contribution in [2.24, 2.45) is 0 Å². The van der Waals surface area contributed by atoms with E-state index in [9.17, 15) is 0 Å². The molecule has 0 unspecified atom stereocenters. The Morgan fingerprint density at radius 2 is 1.79 bits per heavy atom. The molecule has 3 rings (SSSR count). The van der Waals surface area contributed by atoms with Crippen LogP contribution < -0.4 is 0 Å². The fourth-order valence-electron chi connectivity index (χ4n) is 2.75. The van der Waals surface area contributed by atoms with Gasteiger partial charge in [-0.25, -0.2) is 0 Å². The summed E-state index contributed by atoms with van der Waals surface area (Å²) in [7, 11) is 0. The highest BCUT2D eigenvalue weighted by atomic mass is 15.0. The Balaban J connectivity index is 1.82. The van der Waals surface area contributed by atoms with E-state index in [2.05, 4.69) is 39.7 Å². The molecule has 0 N–H and O–H groups in total. The van der Waals surface area contributed by atoms with Crippen molar-refractivity contribution in [3.63, 3.8) is 0 Å². The molecule has 1 fully saturated rings. The maximum Gasteiger partial charge on any atom is 0.0926 e. The van der Waals surface area contributed by atoms with Crippen LogP contribution in [0.4, 0.5) is 0 Å². The smallest absolute Gasteiger partial charge is 0.0926 e. The first-order chi connectivity index (χ1) is 9.43. The van der Waals surface area contributed by atoms with Crippen LogP contribution in [0.2, 0.25) is 0 Å². The van der Waals surface area contributed by atoms with Crippen molar-refractivity contribution in [2.75, 3.05) is 0 Å². The lowest BCUT2D eigenvalue weighted by atomic mass is 9.95. The van der Waals surface area contributed by atoms with Gasteiger partial charge in [-0.3, -0.25) is 4.98 Å². The molecule has 0 saturated heterocycles. The average molecular weight is 250 g/mol. The van der Waals surface area contributed by atoms with E-state index in [-0.39, 0.29) is 0 Å². The largest absolute Gasteiger partial charge is 0.338 e. The summed E-state index contributed by atoms with van der Waals surface area (Å²) in [6, 6.07) is 8.75. The first kappa shape index (κ1) is 12.0. The van der Waals surface area contributed by atoms with Gasteiger partial charge >= 0.3 is 0 Å². The van der Waals surface area contributed by atoms with E-state index in [1.807, 2.05) is 12.1 Å². The molecule has 0 aliphatic heterocycles. The molecule has 0 atom stereocenters. The van der Waals surface area contributed by atoms with E-state index >= 15 is 0 Å². The van der Waals surface area contributed by atoms with Gasteiger partial charge in [-0.1, -0.05) is 25.2 Å². The summed E-state index contributed by atoms with van der Waals surface area (Å²) in [5.41, 5.74) is 2.15. The molecule has 0 amide bonds. The summed E-state index contributed by atoms with van der Waals surface area (Å²) in [4.78, 5) is 4.01. The van der Waals surface area contributed by atoms with Crippen LogP contribution in [0.1, 0.15) is 49.4 Å². The van der Waals surface area contributed by atoms with Crippen LogP contribution in [0, 0.1) is 11.8 Å². The second kappa shape index (κ2) is 5.75. The fourth-order valence-corrected chi connectivity index (χ4v) is 2.75. The van der Waals surface area contributed by atoms with Crippen LogP contribution in [0.5, 0.6) is 0 Å². The van der Waals surface area contributed by atoms with Gasteiger partial charge in [-0.2, -0.15) is 0 Å². The Labute approximate surface area is 114 Å². The molecule has 2 heteroatoms. The van der Waals surface area contributed by atoms with E-state index in [1.54, 1.807) is 12.4 Å². The first-order valence-corrected chi connectivity index (χ1v) is 7.02. The third-order valence-electron chi connectivity index (χ3n) is 3.76. The van der Waals surface area contributed by atoms with E-state index in [4.69, 9.17) is 0 Å². The molecule has 0 spiro atoms. The summed E-state index contributed by atoms with van der Waals surface area (Å²) in [6.45, 7) is 0. The van der Waals surface area contributed by atoms with Crippen LogP contribution in [0.25, 0.3) is 0 Å². The number of hydrogen-bond acceptors (Lipinski definition) is 1. The Bertz CT molecular complexity index is 580. The predicted octanol–water partition coefficient (Wildman–Crippen LogP) is 3.79. The van der Waals surface area contributed by atoms with Gasteiger partial charge in [-0.15, -0.1) is 0 Å². The predicted molar refractivity (Wildman–Crippen MR) is 76.8 cm³/mol. The molecule has 2 aromatic heterocycles. The molecule has 0 bridgehead atoms. The zero-order valence-corrected chi connectivity index (χ0v) is 11.0. The van der Waals surface area contributed by atoms with E-state index in [0.29, 0.717) is 6.04 Å². The average Bonchev–Trinajstić information content (AvgIpc) is 2.95. The molecule has 2 aromatic rings. The molecule has 0 radical (unpaired) electrons. The van der Waals surface area contributed by atoms with Crippen molar-refractivity contribution in [1.82, 2.24) is 9.55 Å². The third-order valence-corrected chi connectivity index (χ3v) is 3.76. The van der Waals surface area contributed by atoms with Gasteiger partial charge in [0.2, 0.25) is 0 Å². The molecule has 1 aliphatic carbocycles. The van der Waals surface area contributed by atoms with Gasteiger partial charge in [0, 0.05) is 30.2 Å². The SMILES string of the molecule is C(#Cc1cccn1C1CCCCC1)c1ccncc1. The lowest BCUT2D eigenvalue weighted by Gasteiger charge is -2.24. The normalized spacial score (nSPS) is 15.8. The van der Waals surface area contributed by atoms with Crippen molar-refractivity contribution in [3.05, 3.63) is 54.1 Å². The van der Waals surface area contributed by atoms with E-state index in [0.717, 1.165) is 11.3 Å². The Kier molecular flexibility index (Phi) is 3.65. The van der Waals surface area contributed by atoms with Crippen molar-refractivity contribution in [2.45, 2.75) is 38.1 Å². The summed E-state index contributed by atoms with van der Waals surface area (Å²) >= 11 is 0. The quantitative estimate of drug-likeness (QED) is 0.704. The number of hydrogen-bond donors (Lipinski definition) is 0. The Morgan fingerprint density at radius 3 is 2.58 bits per heavy atom. The summed E-state index contributed by atoms with van der Waals surface area (Å²) < 4.78 is 2.35. The van der Waals surface area contributed by atoms with Gasteiger partial charge < -0.3 is 4.57 Å². The van der Waals surface area contributed by atoms with Gasteiger partial charge in [0.1, 0.15) is 0 Å². The molecule has 0 aromatic carbocycles. The molecule has 96 valence electrons. The zero-order chi connectivity index (χ0) is 12.9. The monoisotopic (exact) mass is 250 g/mol. The van der Waals surface area contributed by atoms with Crippen LogP contribution in [0.3, 0.4) is 0 Å². The molecule has 1 saturated carbocycles. The molecule has 2 nitrogen and oxygen atoms in total. The number of rotatable bonds is 1. The maximum atomic E-state index is 4.01.